The Bertz CT molecular complexity index is 1600. The van der Waals surface area contributed by atoms with E-state index in [2.05, 4.69) is 92.7 Å². The van der Waals surface area contributed by atoms with Crippen molar-refractivity contribution in [3.05, 3.63) is 102 Å². The number of rotatable bonds is 1. The number of hydrogen-bond acceptors (Lipinski definition) is 3. The fourth-order valence-electron chi connectivity index (χ4n) is 5.43. The van der Waals surface area contributed by atoms with Gasteiger partial charge in [-0.25, -0.2) is 4.98 Å². The number of aromatic nitrogens is 1. The number of hydrogen-bond donors (Lipinski definition) is 0. The van der Waals surface area contributed by atoms with E-state index in [1.807, 2.05) is 6.07 Å². The molecule has 0 radical (unpaired) electrons. The maximum atomic E-state index is 6.44. The van der Waals surface area contributed by atoms with Crippen molar-refractivity contribution < 1.29 is 9.47 Å². The Hall–Kier alpha value is -4.11. The minimum Gasteiger partial charge on any atom is -0.487 e. The van der Waals surface area contributed by atoms with Crippen LogP contribution in [0.1, 0.15) is 29.8 Å². The van der Waals surface area contributed by atoms with Crippen LogP contribution in [0.25, 0.3) is 44.3 Å². The minimum atomic E-state index is -0.125. The van der Waals surface area contributed by atoms with E-state index in [0.717, 1.165) is 45.1 Å². The van der Waals surface area contributed by atoms with Crippen molar-refractivity contribution in [2.45, 2.75) is 26.6 Å². The molecule has 1 atom stereocenters. The van der Waals surface area contributed by atoms with Gasteiger partial charge >= 0.3 is 0 Å². The molecule has 0 saturated carbocycles. The molecule has 0 aliphatic carbocycles. The first-order chi connectivity index (χ1) is 16.7. The van der Waals surface area contributed by atoms with Crippen molar-refractivity contribution in [2.24, 2.45) is 0 Å². The lowest BCUT2D eigenvalue weighted by atomic mass is 9.81. The monoisotopic (exact) mass is 441 g/mol. The molecule has 3 heteroatoms. The van der Waals surface area contributed by atoms with Gasteiger partial charge in [0.2, 0.25) is 0 Å². The van der Waals surface area contributed by atoms with Crippen LogP contribution < -0.4 is 9.47 Å². The molecule has 34 heavy (non-hydrogen) atoms. The van der Waals surface area contributed by atoms with Gasteiger partial charge in [0.1, 0.15) is 24.2 Å². The van der Waals surface area contributed by atoms with Gasteiger partial charge in [-0.15, -0.1) is 0 Å². The number of fused-ring (bicyclic) bond motifs is 9. The molecule has 4 aromatic carbocycles. The summed E-state index contributed by atoms with van der Waals surface area (Å²) in [6.07, 6.45) is -0.125. The summed E-state index contributed by atoms with van der Waals surface area (Å²) < 4.78 is 12.7. The summed E-state index contributed by atoms with van der Waals surface area (Å²) in [6, 6.07) is 29.7. The maximum absolute atomic E-state index is 6.44. The average Bonchev–Trinajstić information content (AvgIpc) is 2.88. The topological polar surface area (TPSA) is 31.4 Å². The standard InChI is InChI=1S/C31H23NO2/c1-18-11-13-21(14-12-18)31-27-19(2)34-25-10-6-5-9-23(25)29(27)30-24(32-31)17-33-26-16-15-20-7-3-4-8-22(20)28(26)30/h3-16,19H,17H2,1-2H3. The highest BCUT2D eigenvalue weighted by atomic mass is 16.5. The second-order valence-corrected chi connectivity index (χ2v) is 9.14. The van der Waals surface area contributed by atoms with Gasteiger partial charge in [0.25, 0.3) is 0 Å². The molecule has 164 valence electrons. The number of benzene rings is 4. The summed E-state index contributed by atoms with van der Waals surface area (Å²) >= 11 is 0. The number of aryl methyl sites for hydroxylation is 1. The zero-order valence-corrected chi connectivity index (χ0v) is 19.1. The van der Waals surface area contributed by atoms with Crippen molar-refractivity contribution in [3.63, 3.8) is 0 Å². The molecule has 0 N–H and O–H groups in total. The third kappa shape index (κ3) is 2.73. The normalized spacial score (nSPS) is 15.4. The van der Waals surface area contributed by atoms with Crippen molar-refractivity contribution >= 4 is 10.8 Å². The number of pyridine rings is 1. The Kier molecular flexibility index (Phi) is 4.10. The third-order valence-corrected chi connectivity index (χ3v) is 7.01. The molecule has 2 aliphatic heterocycles. The minimum absolute atomic E-state index is 0.125. The highest BCUT2D eigenvalue weighted by Gasteiger charge is 2.34. The van der Waals surface area contributed by atoms with Crippen LogP contribution in [0.3, 0.4) is 0 Å². The molecular formula is C31H23NO2. The van der Waals surface area contributed by atoms with Crippen LogP contribution in [-0.2, 0) is 6.61 Å². The molecule has 5 aromatic rings. The van der Waals surface area contributed by atoms with Crippen molar-refractivity contribution in [2.75, 3.05) is 0 Å². The molecule has 1 unspecified atom stereocenters. The Morgan fingerprint density at radius 2 is 1.56 bits per heavy atom. The van der Waals surface area contributed by atoms with Crippen LogP contribution in [0.15, 0.2) is 84.9 Å². The first-order valence-corrected chi connectivity index (χ1v) is 11.7. The summed E-state index contributed by atoms with van der Waals surface area (Å²) in [5.74, 6) is 1.83. The van der Waals surface area contributed by atoms with E-state index >= 15 is 0 Å². The SMILES string of the molecule is Cc1ccc(-c2nc3c(c4c2C(C)Oc2ccccc2-4)-c2c(ccc4ccccc24)OC3)cc1. The Balaban J connectivity index is 1.65. The maximum Gasteiger partial charge on any atom is 0.131 e. The largest absolute Gasteiger partial charge is 0.487 e. The fourth-order valence-corrected chi connectivity index (χ4v) is 5.43. The first kappa shape index (κ1) is 19.4. The van der Waals surface area contributed by atoms with E-state index in [0.29, 0.717) is 6.61 Å². The second kappa shape index (κ2) is 7.19. The molecule has 2 aliphatic rings. The lowest BCUT2D eigenvalue weighted by Crippen LogP contribution is -2.18. The molecule has 3 nitrogen and oxygen atoms in total. The van der Waals surface area contributed by atoms with E-state index in [9.17, 15) is 0 Å². The molecule has 0 spiro atoms. The van der Waals surface area contributed by atoms with Crippen molar-refractivity contribution in [3.8, 4) is 45.0 Å². The first-order valence-electron chi connectivity index (χ1n) is 11.7. The fraction of sp³-hybridized carbons (Fsp3) is 0.129. The van der Waals surface area contributed by atoms with Crippen LogP contribution >= 0.6 is 0 Å². The summed E-state index contributed by atoms with van der Waals surface area (Å²) in [4.78, 5) is 5.25. The van der Waals surface area contributed by atoms with E-state index in [4.69, 9.17) is 14.5 Å². The molecule has 0 amide bonds. The summed E-state index contributed by atoms with van der Waals surface area (Å²) in [7, 11) is 0. The van der Waals surface area contributed by atoms with Gasteiger partial charge in [0.15, 0.2) is 0 Å². The number of ether oxygens (including phenoxy) is 2. The zero-order chi connectivity index (χ0) is 22.8. The van der Waals surface area contributed by atoms with Crippen molar-refractivity contribution in [1.29, 1.82) is 0 Å². The molecule has 7 rings (SSSR count). The smallest absolute Gasteiger partial charge is 0.131 e. The predicted octanol–water partition coefficient (Wildman–Crippen LogP) is 7.89. The van der Waals surface area contributed by atoms with E-state index in [1.54, 1.807) is 0 Å². The number of para-hydroxylation sites is 1. The molecular weight excluding hydrogens is 418 g/mol. The number of nitrogens with zero attached hydrogens (tertiary/aromatic N) is 1. The molecule has 3 heterocycles. The predicted molar refractivity (Wildman–Crippen MR) is 136 cm³/mol. The van der Waals surface area contributed by atoms with Gasteiger partial charge in [-0.05, 0) is 36.8 Å². The Morgan fingerprint density at radius 1 is 0.765 bits per heavy atom. The van der Waals surface area contributed by atoms with Crippen LogP contribution in [0.5, 0.6) is 11.5 Å². The average molecular weight is 442 g/mol. The van der Waals surface area contributed by atoms with Crippen LogP contribution in [0.2, 0.25) is 0 Å². The van der Waals surface area contributed by atoms with Crippen LogP contribution in [0, 0.1) is 6.92 Å². The van der Waals surface area contributed by atoms with Crippen molar-refractivity contribution in [1.82, 2.24) is 4.98 Å². The summed E-state index contributed by atoms with van der Waals surface area (Å²) in [5.41, 5.74) is 10.1. The Labute approximate surface area is 198 Å². The van der Waals surface area contributed by atoms with Gasteiger partial charge in [-0.3, -0.25) is 0 Å². The highest BCUT2D eigenvalue weighted by Crippen LogP contribution is 2.54. The zero-order valence-electron chi connectivity index (χ0n) is 19.1. The van der Waals surface area contributed by atoms with Gasteiger partial charge in [-0.1, -0.05) is 78.4 Å². The van der Waals surface area contributed by atoms with Gasteiger partial charge in [-0.2, -0.15) is 0 Å². The van der Waals surface area contributed by atoms with Gasteiger partial charge in [0.05, 0.1) is 11.4 Å². The van der Waals surface area contributed by atoms with E-state index in [1.165, 1.54) is 27.5 Å². The summed E-state index contributed by atoms with van der Waals surface area (Å²) in [6.45, 7) is 4.69. The quantitative estimate of drug-likeness (QED) is 0.265. The van der Waals surface area contributed by atoms with Crippen LogP contribution in [0.4, 0.5) is 0 Å². The molecule has 0 saturated heterocycles. The lowest BCUT2D eigenvalue weighted by Gasteiger charge is -2.33. The van der Waals surface area contributed by atoms with E-state index in [-0.39, 0.29) is 6.10 Å². The van der Waals surface area contributed by atoms with Gasteiger partial charge in [0, 0.05) is 33.4 Å². The van der Waals surface area contributed by atoms with Gasteiger partial charge < -0.3 is 9.47 Å². The summed E-state index contributed by atoms with van der Waals surface area (Å²) in [5, 5.41) is 2.38. The lowest BCUT2D eigenvalue weighted by molar-refractivity contribution is 0.223. The molecule has 0 bridgehead atoms. The molecule has 0 fully saturated rings. The Morgan fingerprint density at radius 3 is 2.44 bits per heavy atom. The molecule has 1 aromatic heterocycles. The second-order valence-electron chi connectivity index (χ2n) is 9.14. The van der Waals surface area contributed by atoms with E-state index < -0.39 is 0 Å². The highest BCUT2D eigenvalue weighted by molar-refractivity contribution is 6.06. The third-order valence-electron chi connectivity index (χ3n) is 7.01. The van der Waals surface area contributed by atoms with Crippen LogP contribution in [-0.4, -0.2) is 4.98 Å².